The Morgan fingerprint density at radius 1 is 1.88 bits per heavy atom. The second-order valence-electron chi connectivity index (χ2n) is 1.54. The second kappa shape index (κ2) is 3.53. The van der Waals surface area contributed by atoms with Crippen LogP contribution in [0.1, 0.15) is 13.8 Å². The van der Waals surface area contributed by atoms with Crippen LogP contribution in [0.5, 0.6) is 0 Å². The van der Waals surface area contributed by atoms with Crippen LogP contribution in [0, 0.1) is 0 Å². The van der Waals surface area contributed by atoms with E-state index >= 15 is 0 Å². The predicted molar refractivity (Wildman–Crippen MR) is 31.8 cm³/mol. The van der Waals surface area contributed by atoms with Gasteiger partial charge in [0.1, 0.15) is 0 Å². The Kier molecular flexibility index (Phi) is 3.32. The Balaban J connectivity index is 3.33. The molecule has 0 saturated heterocycles. The maximum atomic E-state index is 10.4. The molecule has 0 bridgehead atoms. The van der Waals surface area contributed by atoms with E-state index in [1.165, 1.54) is 0 Å². The molecule has 0 aromatic rings. The van der Waals surface area contributed by atoms with Crippen molar-refractivity contribution < 1.29 is 9.53 Å². The molecule has 0 fully saturated rings. The molecule has 3 heteroatoms. The SMILES string of the molecule is [B][C@@H](C)C(=O)OCC. The van der Waals surface area contributed by atoms with Crippen molar-refractivity contribution in [1.29, 1.82) is 0 Å². The Labute approximate surface area is 50.6 Å². The number of esters is 1. The van der Waals surface area contributed by atoms with E-state index in [2.05, 4.69) is 4.74 Å². The standard InChI is InChI=1S/C5H9BO2/c1-3-8-5(7)4(2)6/h4H,3H2,1-2H3/t4-/m0/s1. The van der Waals surface area contributed by atoms with E-state index in [1.54, 1.807) is 13.8 Å². The molecule has 0 spiro atoms. The zero-order valence-corrected chi connectivity index (χ0v) is 5.18. The van der Waals surface area contributed by atoms with Gasteiger partial charge in [0.25, 0.3) is 5.97 Å². The number of carbonyl (C=O) groups is 1. The highest BCUT2D eigenvalue weighted by molar-refractivity contribution is 6.22. The molecule has 0 unspecified atom stereocenters. The fourth-order valence-electron chi connectivity index (χ4n) is 0.274. The fourth-order valence-corrected chi connectivity index (χ4v) is 0.274. The summed E-state index contributed by atoms with van der Waals surface area (Å²) in [7, 11) is 5.15. The lowest BCUT2D eigenvalue weighted by molar-refractivity contribution is -0.142. The smallest absolute Gasteiger partial charge is 0.299 e. The van der Waals surface area contributed by atoms with Crippen molar-refractivity contribution in [3.8, 4) is 0 Å². The number of hydrogen-bond acceptors (Lipinski definition) is 2. The molecule has 0 aliphatic carbocycles. The van der Waals surface area contributed by atoms with Crippen molar-refractivity contribution in [3.05, 3.63) is 0 Å². The topological polar surface area (TPSA) is 26.3 Å². The third-order valence-electron chi connectivity index (χ3n) is 0.658. The molecule has 0 saturated carbocycles. The van der Waals surface area contributed by atoms with E-state index in [9.17, 15) is 4.79 Å². The van der Waals surface area contributed by atoms with Crippen LogP contribution in [-0.4, -0.2) is 20.4 Å². The van der Waals surface area contributed by atoms with Crippen molar-refractivity contribution >= 4 is 13.8 Å². The van der Waals surface area contributed by atoms with Crippen molar-refractivity contribution in [2.75, 3.05) is 6.61 Å². The van der Waals surface area contributed by atoms with E-state index in [0.29, 0.717) is 6.61 Å². The van der Waals surface area contributed by atoms with Crippen LogP contribution in [-0.2, 0) is 9.53 Å². The summed E-state index contributed by atoms with van der Waals surface area (Å²) in [5.74, 6) is -0.831. The second-order valence-corrected chi connectivity index (χ2v) is 1.54. The Morgan fingerprint density at radius 3 is 2.50 bits per heavy atom. The maximum Gasteiger partial charge on any atom is 0.299 e. The quantitative estimate of drug-likeness (QED) is 0.384. The van der Waals surface area contributed by atoms with Gasteiger partial charge in [-0.15, -0.1) is 0 Å². The van der Waals surface area contributed by atoms with Crippen molar-refractivity contribution in [2.45, 2.75) is 19.7 Å². The van der Waals surface area contributed by atoms with Gasteiger partial charge >= 0.3 is 0 Å². The van der Waals surface area contributed by atoms with Gasteiger partial charge in [0, 0.05) is 5.82 Å². The molecular weight excluding hydrogens is 103 g/mol. The molecule has 0 aromatic heterocycles. The van der Waals surface area contributed by atoms with E-state index < -0.39 is 5.82 Å². The van der Waals surface area contributed by atoms with Crippen LogP contribution in [0.3, 0.4) is 0 Å². The van der Waals surface area contributed by atoms with Gasteiger partial charge in [0.2, 0.25) is 0 Å². The molecule has 0 amide bonds. The summed E-state index contributed by atoms with van der Waals surface area (Å²) in [6.45, 7) is 3.75. The van der Waals surface area contributed by atoms with Gasteiger partial charge in [-0.3, -0.25) is 4.79 Å². The molecule has 8 heavy (non-hydrogen) atoms. The minimum atomic E-state index is -0.491. The molecular formula is C5H9BO2. The van der Waals surface area contributed by atoms with Crippen LogP contribution in [0.15, 0.2) is 0 Å². The summed E-state index contributed by atoms with van der Waals surface area (Å²) in [6, 6.07) is 0. The predicted octanol–water partition coefficient (Wildman–Crippen LogP) is 0.526. The Morgan fingerprint density at radius 2 is 2.38 bits per heavy atom. The Hall–Kier alpha value is -0.465. The van der Waals surface area contributed by atoms with Crippen LogP contribution in [0.25, 0.3) is 0 Å². The highest BCUT2D eigenvalue weighted by Crippen LogP contribution is 1.97. The van der Waals surface area contributed by atoms with Crippen LogP contribution < -0.4 is 0 Å². The largest absolute Gasteiger partial charge is 0.466 e. The lowest BCUT2D eigenvalue weighted by Crippen LogP contribution is -2.08. The van der Waals surface area contributed by atoms with Gasteiger partial charge in [-0.1, -0.05) is 6.92 Å². The molecule has 0 aliphatic heterocycles. The first-order chi connectivity index (χ1) is 3.68. The molecule has 0 aliphatic rings. The van der Waals surface area contributed by atoms with E-state index in [4.69, 9.17) is 7.85 Å². The summed E-state index contributed by atoms with van der Waals surface area (Å²) in [5.41, 5.74) is 0. The van der Waals surface area contributed by atoms with Gasteiger partial charge < -0.3 is 4.74 Å². The molecule has 0 rings (SSSR count). The van der Waals surface area contributed by atoms with Crippen molar-refractivity contribution in [1.82, 2.24) is 0 Å². The van der Waals surface area contributed by atoms with Crippen LogP contribution in [0.4, 0.5) is 0 Å². The molecule has 2 nitrogen and oxygen atoms in total. The summed E-state index contributed by atoms with van der Waals surface area (Å²) >= 11 is 0. The minimum Gasteiger partial charge on any atom is -0.466 e. The van der Waals surface area contributed by atoms with Crippen LogP contribution in [0.2, 0.25) is 5.82 Å². The molecule has 1 atom stereocenters. The van der Waals surface area contributed by atoms with Gasteiger partial charge in [-0.2, -0.15) is 0 Å². The first kappa shape index (κ1) is 7.53. The number of carbonyl (C=O) groups excluding carboxylic acids is 1. The minimum absolute atomic E-state index is 0.340. The van der Waals surface area contributed by atoms with Crippen LogP contribution >= 0.6 is 0 Å². The molecule has 0 N–H and O–H groups in total. The normalized spacial score (nSPS) is 12.8. The van der Waals surface area contributed by atoms with Gasteiger partial charge in [-0.25, -0.2) is 0 Å². The van der Waals surface area contributed by atoms with E-state index in [0.717, 1.165) is 0 Å². The summed E-state index contributed by atoms with van der Waals surface area (Å²) in [4.78, 5) is 10.4. The van der Waals surface area contributed by atoms with Crippen molar-refractivity contribution in [2.24, 2.45) is 0 Å². The maximum absolute atomic E-state index is 10.4. The zero-order valence-electron chi connectivity index (χ0n) is 5.18. The molecule has 44 valence electrons. The van der Waals surface area contributed by atoms with Gasteiger partial charge in [0.15, 0.2) is 0 Å². The summed E-state index contributed by atoms with van der Waals surface area (Å²) < 4.78 is 4.54. The third kappa shape index (κ3) is 2.67. The van der Waals surface area contributed by atoms with Crippen molar-refractivity contribution in [3.63, 3.8) is 0 Å². The fraction of sp³-hybridized carbons (Fsp3) is 0.800. The van der Waals surface area contributed by atoms with E-state index in [-0.39, 0.29) is 5.97 Å². The first-order valence-electron chi connectivity index (χ1n) is 2.60. The lowest BCUT2D eigenvalue weighted by atomic mass is 9.90. The van der Waals surface area contributed by atoms with Gasteiger partial charge in [0.05, 0.1) is 14.5 Å². The monoisotopic (exact) mass is 112 g/mol. The highest BCUT2D eigenvalue weighted by Gasteiger charge is 2.04. The average molecular weight is 112 g/mol. The van der Waals surface area contributed by atoms with E-state index in [1.807, 2.05) is 0 Å². The zero-order chi connectivity index (χ0) is 6.57. The average Bonchev–Trinajstić information content (AvgIpc) is 1.67. The molecule has 2 radical (unpaired) electrons. The summed E-state index contributed by atoms with van der Waals surface area (Å²) in [6.07, 6.45) is 0. The molecule has 0 aromatic carbocycles. The number of ether oxygens (including phenoxy) is 1. The summed E-state index contributed by atoms with van der Waals surface area (Å²) in [5, 5.41) is 0. The van der Waals surface area contributed by atoms with Gasteiger partial charge in [-0.05, 0) is 6.92 Å². The third-order valence-corrected chi connectivity index (χ3v) is 0.658. The molecule has 0 heterocycles. The lowest BCUT2D eigenvalue weighted by Gasteiger charge is -2.02. The Bertz CT molecular complexity index is 80.5. The highest BCUT2D eigenvalue weighted by atomic mass is 16.5. The number of hydrogen-bond donors (Lipinski definition) is 0. The first-order valence-corrected chi connectivity index (χ1v) is 2.60. The number of rotatable bonds is 2.